The maximum Gasteiger partial charge on any atom is 0.303 e. The lowest BCUT2D eigenvalue weighted by molar-refractivity contribution is -0.270. The Hall–Kier alpha value is -5.87. The van der Waals surface area contributed by atoms with Crippen LogP contribution in [0.15, 0.2) is 11.3 Å². The van der Waals surface area contributed by atoms with Gasteiger partial charge in [-0.15, -0.1) is 5.10 Å². The van der Waals surface area contributed by atoms with Crippen LogP contribution >= 0.6 is 0 Å². The molecule has 2 saturated heterocycles. The molecule has 0 spiro atoms. The fourth-order valence-corrected chi connectivity index (χ4v) is 5.36. The second-order valence-corrected chi connectivity index (χ2v) is 11.4. The van der Waals surface area contributed by atoms with Crippen molar-refractivity contribution in [2.45, 2.75) is 116 Å². The molecule has 3 rings (SSSR count). The van der Waals surface area contributed by atoms with Gasteiger partial charge in [0.2, 0.25) is 0 Å². The fourth-order valence-electron chi connectivity index (χ4n) is 5.36. The highest BCUT2D eigenvalue weighted by Crippen LogP contribution is 2.35. The minimum atomic E-state index is -1.81. The van der Waals surface area contributed by atoms with Crippen molar-refractivity contribution in [2.75, 3.05) is 6.61 Å². The first-order valence-electron chi connectivity index (χ1n) is 15.6. The van der Waals surface area contributed by atoms with Crippen molar-refractivity contribution in [1.82, 2.24) is 20.3 Å². The van der Waals surface area contributed by atoms with Gasteiger partial charge in [-0.1, -0.05) is 10.3 Å². The SMILES string of the molecule is CC(=O)OC[C@H]1O[C@@H](n2cc(CNC(=O)[C@H]3O[C@@H](N=[N+]=[N-])[C@H](OC(C)=O)[C@@H](OC(C)=O)[C@@H]3OC(C)=O)nn2)[C@H](OC(C)=O)[C@@H](OC(C)=O)[C@@H]1OC(C)=O. The second kappa shape index (κ2) is 18.6. The summed E-state index contributed by atoms with van der Waals surface area (Å²) in [7, 11) is 0. The average molecular weight is 756 g/mol. The van der Waals surface area contributed by atoms with Crippen molar-refractivity contribution in [3.8, 4) is 0 Å². The molecule has 0 aromatic carbocycles. The molecule has 2 fully saturated rings. The molecule has 0 aliphatic carbocycles. The fraction of sp³-hybridized carbons (Fsp3) is 0.655. The zero-order valence-corrected chi connectivity index (χ0v) is 29.4. The second-order valence-electron chi connectivity index (χ2n) is 11.4. The average Bonchev–Trinajstić information content (AvgIpc) is 3.51. The smallest absolute Gasteiger partial charge is 0.303 e. The lowest BCUT2D eigenvalue weighted by atomic mass is 9.96. The van der Waals surface area contributed by atoms with E-state index in [1.807, 2.05) is 0 Å². The van der Waals surface area contributed by atoms with Crippen molar-refractivity contribution in [1.29, 1.82) is 0 Å². The molecule has 2 aliphatic heterocycles. The Morgan fingerprint density at radius 1 is 0.717 bits per heavy atom. The van der Waals surface area contributed by atoms with E-state index in [0.29, 0.717) is 0 Å². The highest BCUT2D eigenvalue weighted by Gasteiger charge is 2.55. The van der Waals surface area contributed by atoms with E-state index in [1.165, 1.54) is 6.20 Å². The van der Waals surface area contributed by atoms with Gasteiger partial charge in [0.05, 0.1) is 12.7 Å². The van der Waals surface area contributed by atoms with Gasteiger partial charge in [-0.05, 0) is 5.53 Å². The monoisotopic (exact) mass is 755 g/mol. The molecule has 2 aliphatic rings. The number of hydrogen-bond donors (Lipinski definition) is 1. The summed E-state index contributed by atoms with van der Waals surface area (Å²) in [6.45, 7) is 6.36. The van der Waals surface area contributed by atoms with Gasteiger partial charge in [0, 0.05) is 53.4 Å². The van der Waals surface area contributed by atoms with Gasteiger partial charge in [0.15, 0.2) is 55.2 Å². The molecule has 53 heavy (non-hydrogen) atoms. The first-order chi connectivity index (χ1) is 24.9. The summed E-state index contributed by atoms with van der Waals surface area (Å²) < 4.78 is 49.6. The van der Waals surface area contributed by atoms with Crippen molar-refractivity contribution >= 4 is 47.7 Å². The quantitative estimate of drug-likeness (QED) is 0.0828. The minimum Gasteiger partial charge on any atom is -0.463 e. The Balaban J connectivity index is 1.94. The molecular weight excluding hydrogens is 718 g/mol. The number of nitrogens with one attached hydrogen (secondary N) is 1. The topological polar surface area (TPSA) is 311 Å². The number of hydrogen-bond acceptors (Lipinski definition) is 20. The van der Waals surface area contributed by atoms with Crippen LogP contribution in [0.4, 0.5) is 0 Å². The minimum absolute atomic E-state index is 0.0203. The number of nitrogens with zero attached hydrogens (tertiary/aromatic N) is 6. The summed E-state index contributed by atoms with van der Waals surface area (Å²) in [4.78, 5) is 100.0. The lowest BCUT2D eigenvalue weighted by Crippen LogP contribution is -2.64. The van der Waals surface area contributed by atoms with Crippen LogP contribution in [0.2, 0.25) is 0 Å². The largest absolute Gasteiger partial charge is 0.463 e. The van der Waals surface area contributed by atoms with E-state index in [0.717, 1.165) is 53.1 Å². The molecule has 24 heteroatoms. The van der Waals surface area contributed by atoms with Gasteiger partial charge in [0.1, 0.15) is 18.4 Å². The van der Waals surface area contributed by atoms with Crippen LogP contribution < -0.4 is 5.32 Å². The number of aromatic nitrogens is 3. The Morgan fingerprint density at radius 2 is 1.21 bits per heavy atom. The third kappa shape index (κ3) is 11.6. The van der Waals surface area contributed by atoms with E-state index in [2.05, 4.69) is 25.7 Å². The Bertz CT molecular complexity index is 1630. The van der Waals surface area contributed by atoms with Gasteiger partial charge in [-0.2, -0.15) is 0 Å². The number of carbonyl (C=O) groups excluding carboxylic acids is 8. The molecule has 3 heterocycles. The van der Waals surface area contributed by atoms with Crippen molar-refractivity contribution in [3.63, 3.8) is 0 Å². The summed E-state index contributed by atoms with van der Waals surface area (Å²) in [6.07, 6.45) is -14.5. The normalized spacial score (nSPS) is 27.8. The predicted octanol–water partition coefficient (Wildman–Crippen LogP) is -1.02. The Kier molecular flexibility index (Phi) is 14.6. The van der Waals surface area contributed by atoms with Crippen molar-refractivity contribution in [2.24, 2.45) is 5.11 Å². The maximum absolute atomic E-state index is 13.5. The highest BCUT2D eigenvalue weighted by molar-refractivity contribution is 5.82. The molecule has 0 bridgehead atoms. The first kappa shape index (κ1) is 41.5. The molecule has 1 amide bonds. The number of ether oxygens (including phenoxy) is 9. The first-order valence-corrected chi connectivity index (χ1v) is 15.6. The molecule has 1 N–H and O–H groups in total. The number of esters is 7. The molecule has 1 aromatic rings. The molecule has 0 radical (unpaired) electrons. The van der Waals surface area contributed by atoms with E-state index < -0.39 is 122 Å². The highest BCUT2D eigenvalue weighted by atomic mass is 16.7. The summed E-state index contributed by atoms with van der Waals surface area (Å²) >= 11 is 0. The predicted molar refractivity (Wildman–Crippen MR) is 164 cm³/mol. The van der Waals surface area contributed by atoms with Crippen LogP contribution in [0, 0.1) is 0 Å². The molecule has 0 unspecified atom stereocenters. The standard InChI is InChI=1S/C29H37N7O17/c1-11(37)45-10-19-20(46-12(2)38)21(47-13(3)39)26(51-17(7)43)29(52-19)36-9-18(32-35-36)8-31-27(44)24-22(48-14(4)40)23(49-15(5)41)25(50-16(6)42)28(53-24)33-34-30/h9,19-26,28-29H,8,10H2,1-7H3,(H,31,44)/t19-,20-,21+,22+,23+,24+,25-,26-,28-,29-/m1/s1. The number of carbonyl (C=O) groups is 8. The van der Waals surface area contributed by atoms with E-state index in [1.54, 1.807) is 0 Å². The number of rotatable bonds is 13. The van der Waals surface area contributed by atoms with E-state index in [9.17, 15) is 38.4 Å². The summed E-state index contributed by atoms with van der Waals surface area (Å²) in [5.74, 6) is -7.03. The van der Waals surface area contributed by atoms with E-state index >= 15 is 0 Å². The third-order valence-corrected chi connectivity index (χ3v) is 7.07. The van der Waals surface area contributed by atoms with Crippen LogP contribution in [0.25, 0.3) is 10.4 Å². The van der Waals surface area contributed by atoms with Crippen LogP contribution in [-0.2, 0) is 87.5 Å². The third-order valence-electron chi connectivity index (χ3n) is 7.07. The van der Waals surface area contributed by atoms with Crippen LogP contribution in [0.1, 0.15) is 60.4 Å². The molecule has 0 saturated carbocycles. The van der Waals surface area contributed by atoms with Crippen molar-refractivity contribution in [3.05, 3.63) is 22.3 Å². The molecule has 290 valence electrons. The maximum atomic E-state index is 13.5. The van der Waals surface area contributed by atoms with Gasteiger partial charge < -0.3 is 47.9 Å². The Labute approximate surface area is 299 Å². The van der Waals surface area contributed by atoms with Gasteiger partial charge in [0.25, 0.3) is 5.91 Å². The number of azide groups is 1. The van der Waals surface area contributed by atoms with Crippen LogP contribution in [0.5, 0.6) is 0 Å². The van der Waals surface area contributed by atoms with Gasteiger partial charge in [-0.3, -0.25) is 38.4 Å². The number of amides is 1. The zero-order valence-electron chi connectivity index (χ0n) is 29.4. The van der Waals surface area contributed by atoms with Gasteiger partial charge in [-0.25, -0.2) is 4.68 Å². The Morgan fingerprint density at radius 3 is 1.74 bits per heavy atom. The summed E-state index contributed by atoms with van der Waals surface area (Å²) in [5, 5.41) is 13.8. The zero-order chi connectivity index (χ0) is 39.6. The molecule has 10 atom stereocenters. The summed E-state index contributed by atoms with van der Waals surface area (Å²) in [6, 6.07) is 0. The molecular formula is C29H37N7O17. The molecule has 24 nitrogen and oxygen atoms in total. The van der Waals surface area contributed by atoms with Crippen LogP contribution in [-0.4, -0.2) is 124 Å². The van der Waals surface area contributed by atoms with Crippen molar-refractivity contribution < 1.29 is 81.0 Å². The molecule has 1 aromatic heterocycles. The summed E-state index contributed by atoms with van der Waals surface area (Å²) in [5.41, 5.74) is 9.13. The van der Waals surface area contributed by atoms with E-state index in [4.69, 9.17) is 48.2 Å². The lowest BCUT2D eigenvalue weighted by Gasteiger charge is -2.44. The van der Waals surface area contributed by atoms with Gasteiger partial charge >= 0.3 is 41.8 Å². The van der Waals surface area contributed by atoms with E-state index in [-0.39, 0.29) is 5.69 Å². The van der Waals surface area contributed by atoms with Crippen LogP contribution in [0.3, 0.4) is 0 Å².